The Morgan fingerprint density at radius 2 is 1.64 bits per heavy atom. The molecule has 3 amide bonds. The fourth-order valence-corrected chi connectivity index (χ4v) is 8.13. The monoisotopic (exact) mass is 622 g/mol. The molecule has 2 bridgehead atoms. The number of fused-ring (bicyclic) bond motifs is 1. The predicted octanol–water partition coefficient (Wildman–Crippen LogP) is 4.79. The Kier molecular flexibility index (Phi) is 11.5. The summed E-state index contributed by atoms with van der Waals surface area (Å²) < 4.78 is 7.01. The molecule has 9 heteroatoms. The van der Waals surface area contributed by atoms with Gasteiger partial charge in [-0.05, 0) is 83.1 Å². The second-order valence-electron chi connectivity index (χ2n) is 12.6. The number of aliphatic hydroxyl groups is 1. The summed E-state index contributed by atoms with van der Waals surface area (Å²) in [6.45, 7) is 19.5. The Bertz CT molecular complexity index is 1220. The van der Waals surface area contributed by atoms with Gasteiger partial charge in [0.2, 0.25) is 11.8 Å². The summed E-state index contributed by atoms with van der Waals surface area (Å²) in [4.78, 5) is 51.2. The van der Waals surface area contributed by atoms with Crippen molar-refractivity contribution < 1.29 is 24.2 Å². The summed E-state index contributed by atoms with van der Waals surface area (Å²) in [5, 5.41) is 9.38. The Morgan fingerprint density at radius 3 is 2.22 bits per heavy atom. The third-order valence-electron chi connectivity index (χ3n) is 10.3. The average molecular weight is 623 g/mol. The average Bonchev–Trinajstić information content (AvgIpc) is 3.65. The van der Waals surface area contributed by atoms with Crippen molar-refractivity contribution >= 4 is 29.1 Å². The molecule has 3 heterocycles. The fourth-order valence-electron chi connectivity index (χ4n) is 8.13. The van der Waals surface area contributed by atoms with E-state index in [1.54, 1.807) is 26.9 Å². The van der Waals surface area contributed by atoms with Gasteiger partial charge in [-0.2, -0.15) is 0 Å². The van der Waals surface area contributed by atoms with E-state index >= 15 is 0 Å². The molecule has 1 aromatic rings. The molecule has 4 rings (SSSR count). The lowest BCUT2D eigenvalue weighted by Gasteiger charge is -2.37. The van der Waals surface area contributed by atoms with E-state index in [2.05, 4.69) is 31.9 Å². The molecule has 2 unspecified atom stereocenters. The van der Waals surface area contributed by atoms with Crippen LogP contribution in [0.1, 0.15) is 72.6 Å². The molecule has 0 aromatic heterocycles. The Morgan fingerprint density at radius 1 is 0.978 bits per heavy atom. The van der Waals surface area contributed by atoms with E-state index in [0.29, 0.717) is 51.7 Å². The van der Waals surface area contributed by atoms with E-state index in [4.69, 9.17) is 4.74 Å². The summed E-state index contributed by atoms with van der Waals surface area (Å²) >= 11 is 0. The van der Waals surface area contributed by atoms with Gasteiger partial charge >= 0.3 is 0 Å². The van der Waals surface area contributed by atoms with Crippen LogP contribution >= 0.6 is 0 Å². The predicted molar refractivity (Wildman–Crippen MR) is 179 cm³/mol. The number of hydrogen-bond donors (Lipinski definition) is 1. The maximum absolute atomic E-state index is 14.9. The number of ether oxygens (including phenoxy) is 1. The van der Waals surface area contributed by atoms with Crippen molar-refractivity contribution in [1.29, 1.82) is 0 Å². The molecule has 0 radical (unpaired) electrons. The Labute approximate surface area is 269 Å². The number of carbonyl (C=O) groups is 3. The van der Waals surface area contributed by atoms with Crippen LogP contribution in [-0.4, -0.2) is 95.7 Å². The van der Waals surface area contributed by atoms with E-state index < -0.39 is 29.1 Å². The zero-order valence-corrected chi connectivity index (χ0v) is 27.9. The Balaban J connectivity index is 1.78. The first-order valence-corrected chi connectivity index (χ1v) is 17.0. The van der Waals surface area contributed by atoms with Crippen LogP contribution < -0.4 is 9.80 Å². The lowest BCUT2D eigenvalue weighted by atomic mass is 9.64. The number of aliphatic hydroxyl groups excluding tert-OH is 1. The van der Waals surface area contributed by atoms with Gasteiger partial charge in [-0.25, -0.2) is 0 Å². The minimum Gasteiger partial charge on any atom is -0.396 e. The minimum absolute atomic E-state index is 0.0781. The molecule has 3 aliphatic heterocycles. The first-order chi connectivity index (χ1) is 21.7. The normalized spacial score (nSPS) is 26.6. The van der Waals surface area contributed by atoms with E-state index in [0.717, 1.165) is 37.3 Å². The molecule has 1 aromatic carbocycles. The van der Waals surface area contributed by atoms with Crippen LogP contribution in [0.15, 0.2) is 49.6 Å². The molecule has 1 N–H and O–H groups in total. The molecule has 3 saturated heterocycles. The van der Waals surface area contributed by atoms with Gasteiger partial charge in [0, 0.05) is 57.3 Å². The van der Waals surface area contributed by atoms with Crippen LogP contribution in [0.3, 0.4) is 0 Å². The first kappa shape index (κ1) is 34.7. The van der Waals surface area contributed by atoms with E-state index in [1.165, 1.54) is 0 Å². The van der Waals surface area contributed by atoms with Crippen molar-refractivity contribution in [2.45, 2.75) is 89.9 Å². The van der Waals surface area contributed by atoms with Gasteiger partial charge in [0.1, 0.15) is 11.6 Å². The lowest BCUT2D eigenvalue weighted by molar-refractivity contribution is -0.151. The first-order valence-electron chi connectivity index (χ1n) is 17.0. The quantitative estimate of drug-likeness (QED) is 0.187. The third kappa shape index (κ3) is 6.18. The van der Waals surface area contributed by atoms with E-state index in [-0.39, 0.29) is 30.9 Å². The number of likely N-dealkylation sites (tertiary alicyclic amines) is 1. The molecule has 248 valence electrons. The van der Waals surface area contributed by atoms with Crippen molar-refractivity contribution in [3.8, 4) is 0 Å². The number of amides is 3. The molecule has 0 aliphatic carbocycles. The smallest absolute Gasteiger partial charge is 0.253 e. The van der Waals surface area contributed by atoms with Gasteiger partial charge in [0.25, 0.3) is 5.91 Å². The van der Waals surface area contributed by atoms with E-state index in [1.807, 2.05) is 38.1 Å². The fraction of sp³-hybridized carbons (Fsp3) is 0.639. The van der Waals surface area contributed by atoms with Gasteiger partial charge < -0.3 is 29.4 Å². The van der Waals surface area contributed by atoms with Gasteiger partial charge in [0.05, 0.1) is 17.4 Å². The second kappa shape index (κ2) is 14.9. The SMILES string of the molecule is C=CCN(CCC)C(=O)[C@H]1[C@H]2C(=O)N(CCCCCO)C(C(=O)N(CC=C)c3ccc(N(CC)CC)cc3)C23CC[C@]1(CC)O3. The topological polar surface area (TPSA) is 93.6 Å². The van der Waals surface area contributed by atoms with Crippen LogP contribution in [0.5, 0.6) is 0 Å². The van der Waals surface area contributed by atoms with Gasteiger partial charge in [0.15, 0.2) is 0 Å². The molecule has 5 atom stereocenters. The van der Waals surface area contributed by atoms with Crippen LogP contribution in [0.4, 0.5) is 11.4 Å². The zero-order valence-electron chi connectivity index (χ0n) is 27.9. The highest BCUT2D eigenvalue weighted by atomic mass is 16.5. The molecule has 3 aliphatic rings. The zero-order chi connectivity index (χ0) is 32.8. The number of anilines is 2. The molecular formula is C36H54N4O5. The van der Waals surface area contributed by atoms with E-state index in [9.17, 15) is 19.5 Å². The standard InChI is InChI=1S/C36H54N4O5/c1-7-22-38(23-8-2)32(42)29-30-33(43)40(25-14-13-15-26-41)31(36(30)21-20-35(29,10-4)45-36)34(44)39(24-9-3)28-18-16-27(17-19-28)37(11-5)12-6/h7,9,16-19,29-31,41H,1,3,8,10-15,20-26H2,2,4-6H3/t29-,30+,31?,35+,36?/m1/s1. The molecule has 0 saturated carbocycles. The summed E-state index contributed by atoms with van der Waals surface area (Å²) in [7, 11) is 0. The summed E-state index contributed by atoms with van der Waals surface area (Å²) in [6.07, 6.45) is 7.98. The summed E-state index contributed by atoms with van der Waals surface area (Å²) in [5.41, 5.74) is -0.0709. The summed E-state index contributed by atoms with van der Waals surface area (Å²) in [6, 6.07) is 7.10. The van der Waals surface area contributed by atoms with Crippen molar-refractivity contribution in [3.63, 3.8) is 0 Å². The van der Waals surface area contributed by atoms with Gasteiger partial charge in [-0.15, -0.1) is 13.2 Å². The highest BCUT2D eigenvalue weighted by Crippen LogP contribution is 2.64. The highest BCUT2D eigenvalue weighted by Gasteiger charge is 2.79. The van der Waals surface area contributed by atoms with Crippen molar-refractivity contribution in [2.75, 3.05) is 55.7 Å². The number of benzene rings is 1. The van der Waals surface area contributed by atoms with Crippen LogP contribution in [-0.2, 0) is 19.1 Å². The van der Waals surface area contributed by atoms with Crippen LogP contribution in [0, 0.1) is 11.8 Å². The highest BCUT2D eigenvalue weighted by molar-refractivity contribution is 6.05. The third-order valence-corrected chi connectivity index (χ3v) is 10.3. The molecule has 9 nitrogen and oxygen atoms in total. The van der Waals surface area contributed by atoms with Gasteiger partial charge in [-0.1, -0.05) is 26.0 Å². The minimum atomic E-state index is -1.09. The van der Waals surface area contributed by atoms with Crippen molar-refractivity contribution in [3.05, 3.63) is 49.6 Å². The Hall–Kier alpha value is -3.17. The lowest BCUT2D eigenvalue weighted by Crippen LogP contribution is -2.56. The van der Waals surface area contributed by atoms with Crippen LogP contribution in [0.25, 0.3) is 0 Å². The number of nitrogens with zero attached hydrogens (tertiary/aromatic N) is 4. The van der Waals surface area contributed by atoms with Crippen LogP contribution in [0.2, 0.25) is 0 Å². The maximum atomic E-state index is 14.9. The molecular weight excluding hydrogens is 568 g/mol. The van der Waals surface area contributed by atoms with Crippen molar-refractivity contribution in [1.82, 2.24) is 9.80 Å². The second-order valence-corrected chi connectivity index (χ2v) is 12.6. The number of rotatable bonds is 18. The number of unbranched alkanes of at least 4 members (excludes halogenated alkanes) is 2. The molecule has 45 heavy (non-hydrogen) atoms. The number of carbonyl (C=O) groups excluding carboxylic acids is 3. The summed E-state index contributed by atoms with van der Waals surface area (Å²) in [5.74, 6) is -1.85. The molecule has 1 spiro atoms. The number of hydrogen-bond acceptors (Lipinski definition) is 6. The maximum Gasteiger partial charge on any atom is 0.253 e. The van der Waals surface area contributed by atoms with Gasteiger partial charge in [-0.3, -0.25) is 14.4 Å². The molecule has 3 fully saturated rings. The van der Waals surface area contributed by atoms with Crippen molar-refractivity contribution in [2.24, 2.45) is 11.8 Å². The largest absolute Gasteiger partial charge is 0.396 e.